The van der Waals surface area contributed by atoms with E-state index >= 15 is 0 Å². The first-order chi connectivity index (χ1) is 19.4. The Bertz CT molecular complexity index is 1930. The molecule has 8 rings (SSSR count). The smallest absolute Gasteiger partial charge is 0.254 e. The van der Waals surface area contributed by atoms with Crippen molar-refractivity contribution >= 4 is 34.8 Å². The molecule has 0 unspecified atom stereocenters. The summed E-state index contributed by atoms with van der Waals surface area (Å²) in [6.45, 7) is 0. The van der Waals surface area contributed by atoms with Gasteiger partial charge < -0.3 is 10.3 Å². The maximum absolute atomic E-state index is 13.6. The van der Waals surface area contributed by atoms with Crippen molar-refractivity contribution in [1.82, 2.24) is 34.5 Å². The van der Waals surface area contributed by atoms with Crippen molar-refractivity contribution in [3.8, 4) is 28.2 Å². The third kappa shape index (κ3) is 3.70. The summed E-state index contributed by atoms with van der Waals surface area (Å²) in [5.74, 6) is 1.97. The molecule has 198 valence electrons. The number of imidazole rings is 1. The molecule has 1 aliphatic carbocycles. The number of aryl methyl sites for hydroxylation is 1. The fourth-order valence-electron chi connectivity index (χ4n) is 6.02. The monoisotopic (exact) mass is 570 g/mol. The van der Waals surface area contributed by atoms with Crippen molar-refractivity contribution in [3.05, 3.63) is 92.6 Å². The summed E-state index contributed by atoms with van der Waals surface area (Å²) in [6, 6.07) is 12.6. The lowest BCUT2D eigenvalue weighted by atomic mass is 9.99. The van der Waals surface area contributed by atoms with Crippen LogP contribution in [0.4, 0.5) is 5.69 Å². The molecule has 2 aromatic carbocycles. The SMILES string of the molecule is O=C1CCc2cc(-c3cnc([C@@H]4[C@H]5C[C@H]5c5nc(-c6cc(Cl)ccc6-n6cc(Cl)nn6)cc(=O)n54)[nH]3)ccc2N1. The molecule has 12 heteroatoms. The number of hydrogen-bond donors (Lipinski definition) is 2. The topological polar surface area (TPSA) is 123 Å². The van der Waals surface area contributed by atoms with Crippen LogP contribution in [0.2, 0.25) is 10.2 Å². The van der Waals surface area contributed by atoms with Gasteiger partial charge in [0.1, 0.15) is 11.6 Å². The largest absolute Gasteiger partial charge is 0.340 e. The van der Waals surface area contributed by atoms with Crippen molar-refractivity contribution < 1.29 is 4.79 Å². The predicted molar refractivity (Wildman–Crippen MR) is 149 cm³/mol. The Hall–Kier alpha value is -4.28. The predicted octanol–water partition coefficient (Wildman–Crippen LogP) is 4.78. The first-order valence-electron chi connectivity index (χ1n) is 12.9. The standard InChI is InChI=1S/C28H20Cl2N8O2/c29-15-3-5-22(37-12-23(30)35-36-37)18(8-15)20-10-25(40)38-26(16-9-17(16)28(38)34-20)27-31-11-21(33-27)14-1-4-19-13(7-14)2-6-24(39)32-19/h1,3-5,7-8,10-12,16-17,26H,2,6,9H2,(H,31,33)(H,32,39)/t16-,17+,26-/m0/s1. The van der Waals surface area contributed by atoms with Crippen molar-refractivity contribution in [1.29, 1.82) is 0 Å². The van der Waals surface area contributed by atoms with Crippen molar-refractivity contribution in [3.63, 3.8) is 0 Å². The number of nitrogens with one attached hydrogen (secondary N) is 2. The number of anilines is 1. The fourth-order valence-corrected chi connectivity index (χ4v) is 6.32. The number of aromatic amines is 1. The maximum Gasteiger partial charge on any atom is 0.254 e. The number of nitrogens with zero attached hydrogens (tertiary/aromatic N) is 6. The highest BCUT2D eigenvalue weighted by molar-refractivity contribution is 6.31. The minimum absolute atomic E-state index is 0.0412. The summed E-state index contributed by atoms with van der Waals surface area (Å²) in [4.78, 5) is 38.5. The Labute approximate surface area is 237 Å². The van der Waals surface area contributed by atoms with Gasteiger partial charge in [-0.2, -0.15) is 0 Å². The second-order valence-corrected chi connectivity index (χ2v) is 11.2. The Morgan fingerprint density at radius 3 is 2.77 bits per heavy atom. The lowest BCUT2D eigenvalue weighted by Crippen LogP contribution is -2.27. The number of carbonyl (C=O) groups excluding carboxylic acids is 1. The first kappa shape index (κ1) is 23.6. The summed E-state index contributed by atoms with van der Waals surface area (Å²) in [5, 5.41) is 11.6. The molecule has 0 saturated heterocycles. The van der Waals surface area contributed by atoms with Gasteiger partial charge in [-0.05, 0) is 60.2 Å². The number of aromatic nitrogens is 7. The lowest BCUT2D eigenvalue weighted by Gasteiger charge is -2.18. The van der Waals surface area contributed by atoms with Gasteiger partial charge in [-0.3, -0.25) is 14.2 Å². The van der Waals surface area contributed by atoms with Crippen molar-refractivity contribution in [2.75, 3.05) is 5.32 Å². The van der Waals surface area contributed by atoms with E-state index in [9.17, 15) is 9.59 Å². The van der Waals surface area contributed by atoms with E-state index in [-0.39, 0.29) is 34.5 Å². The van der Waals surface area contributed by atoms with Gasteiger partial charge in [0.25, 0.3) is 5.56 Å². The number of H-pyrrole nitrogens is 1. The van der Waals surface area contributed by atoms with Crippen LogP contribution in [-0.4, -0.2) is 40.4 Å². The molecule has 1 saturated carbocycles. The number of hydrogen-bond acceptors (Lipinski definition) is 6. The number of halogens is 2. The minimum Gasteiger partial charge on any atom is -0.340 e. The van der Waals surface area contributed by atoms with Gasteiger partial charge >= 0.3 is 0 Å². The Morgan fingerprint density at radius 1 is 1.02 bits per heavy atom. The van der Waals surface area contributed by atoms with Gasteiger partial charge in [-0.1, -0.05) is 34.5 Å². The average Bonchev–Trinajstić information content (AvgIpc) is 3.23. The molecule has 10 nitrogen and oxygen atoms in total. The van der Waals surface area contributed by atoms with Crippen LogP contribution in [0.15, 0.2) is 59.7 Å². The Balaban J connectivity index is 1.17. The molecule has 40 heavy (non-hydrogen) atoms. The zero-order chi connectivity index (χ0) is 27.1. The van der Waals surface area contributed by atoms with Crippen LogP contribution in [0, 0.1) is 5.92 Å². The van der Waals surface area contributed by atoms with Crippen LogP contribution in [0.25, 0.3) is 28.2 Å². The van der Waals surface area contributed by atoms with Crippen molar-refractivity contribution in [2.45, 2.75) is 31.2 Å². The zero-order valence-electron chi connectivity index (χ0n) is 20.8. The molecular formula is C28H20Cl2N8O2. The number of carbonyl (C=O) groups is 1. The van der Waals surface area contributed by atoms with E-state index < -0.39 is 0 Å². The zero-order valence-corrected chi connectivity index (χ0v) is 22.3. The van der Waals surface area contributed by atoms with E-state index in [4.69, 9.17) is 33.2 Å². The molecule has 2 N–H and O–H groups in total. The second-order valence-electron chi connectivity index (χ2n) is 10.4. The highest BCUT2D eigenvalue weighted by Gasteiger charge is 2.55. The van der Waals surface area contributed by atoms with Crippen LogP contribution in [0.3, 0.4) is 0 Å². The first-order valence-corrected chi connectivity index (χ1v) is 13.7. The van der Waals surface area contributed by atoms with E-state index in [0.717, 1.165) is 40.6 Å². The molecule has 3 aromatic heterocycles. The summed E-state index contributed by atoms with van der Waals surface area (Å²) >= 11 is 12.3. The molecule has 5 heterocycles. The van der Waals surface area contributed by atoms with Gasteiger partial charge in [-0.25, -0.2) is 14.6 Å². The third-order valence-electron chi connectivity index (χ3n) is 7.97. The number of amides is 1. The van der Waals surface area contributed by atoms with Crippen LogP contribution in [0.5, 0.6) is 0 Å². The normalized spacial score (nSPS) is 20.6. The highest BCUT2D eigenvalue weighted by atomic mass is 35.5. The third-order valence-corrected chi connectivity index (χ3v) is 8.38. The van der Waals surface area contributed by atoms with Gasteiger partial charge in [-0.15, -0.1) is 5.10 Å². The summed E-state index contributed by atoms with van der Waals surface area (Å²) < 4.78 is 3.31. The second kappa shape index (κ2) is 8.61. The van der Waals surface area contributed by atoms with Crippen molar-refractivity contribution in [2.24, 2.45) is 5.92 Å². The van der Waals surface area contributed by atoms with Gasteiger partial charge in [0.05, 0.1) is 35.5 Å². The van der Waals surface area contributed by atoms with Gasteiger partial charge in [0.15, 0.2) is 5.15 Å². The van der Waals surface area contributed by atoms with Crippen LogP contribution in [-0.2, 0) is 11.2 Å². The molecule has 1 fully saturated rings. The highest BCUT2D eigenvalue weighted by Crippen LogP contribution is 2.59. The molecule has 3 aliphatic rings. The van der Waals surface area contributed by atoms with Gasteiger partial charge in [0.2, 0.25) is 5.91 Å². The molecule has 0 bridgehead atoms. The van der Waals surface area contributed by atoms with Crippen LogP contribution >= 0.6 is 23.2 Å². The van der Waals surface area contributed by atoms with E-state index in [2.05, 4.69) is 26.7 Å². The lowest BCUT2D eigenvalue weighted by molar-refractivity contribution is -0.116. The Kier molecular flexibility index (Phi) is 5.08. The van der Waals surface area contributed by atoms with Crippen LogP contribution in [0.1, 0.15) is 42.0 Å². The average molecular weight is 571 g/mol. The quantitative estimate of drug-likeness (QED) is 0.320. The Morgan fingerprint density at radius 2 is 1.93 bits per heavy atom. The molecule has 5 aromatic rings. The summed E-state index contributed by atoms with van der Waals surface area (Å²) in [6.07, 6.45) is 5.53. The molecule has 1 amide bonds. The van der Waals surface area contributed by atoms with E-state index in [1.807, 2.05) is 18.3 Å². The molecule has 0 radical (unpaired) electrons. The van der Waals surface area contributed by atoms with Crippen LogP contribution < -0.4 is 10.9 Å². The number of benzene rings is 2. The summed E-state index contributed by atoms with van der Waals surface area (Å²) in [7, 11) is 0. The molecule has 0 spiro atoms. The molecular weight excluding hydrogens is 551 g/mol. The maximum atomic E-state index is 13.6. The fraction of sp³-hybridized carbons (Fsp3) is 0.214. The van der Waals surface area contributed by atoms with E-state index in [0.29, 0.717) is 34.8 Å². The number of fused-ring (bicyclic) bond motifs is 4. The molecule has 2 aliphatic heterocycles. The molecule has 3 atom stereocenters. The summed E-state index contributed by atoms with van der Waals surface area (Å²) in [5.41, 5.74) is 5.52. The van der Waals surface area contributed by atoms with Gasteiger partial charge in [0, 0.05) is 34.7 Å². The minimum atomic E-state index is -0.215. The number of rotatable bonds is 4. The van der Waals surface area contributed by atoms with E-state index in [1.54, 1.807) is 33.6 Å². The van der Waals surface area contributed by atoms with E-state index in [1.165, 1.54) is 6.07 Å².